The number of sulfone groups is 1. The Morgan fingerprint density at radius 3 is 2.17 bits per heavy atom. The number of nitrogens with zero attached hydrogens (tertiary/aromatic N) is 1. The van der Waals surface area contributed by atoms with Crippen molar-refractivity contribution in [1.82, 2.24) is 4.90 Å². The number of hydrogen-bond acceptors (Lipinski definition) is 5. The minimum absolute atomic E-state index is 0.0344. The predicted octanol–water partition coefficient (Wildman–Crippen LogP) is 4.39. The summed E-state index contributed by atoms with van der Waals surface area (Å²) in [6.07, 6.45) is 0.657. The van der Waals surface area contributed by atoms with Gasteiger partial charge in [-0.05, 0) is 62.6 Å². The fourth-order valence-electron chi connectivity index (χ4n) is 4.21. The molecule has 2 aromatic rings. The second-order valence-electron chi connectivity index (χ2n) is 11.0. The van der Waals surface area contributed by atoms with Crippen LogP contribution in [-0.2, 0) is 25.8 Å². The molecule has 1 unspecified atom stereocenters. The normalized spacial score (nSPS) is 16.4. The summed E-state index contributed by atoms with van der Waals surface area (Å²) in [6.45, 7) is 10.6. The van der Waals surface area contributed by atoms with Crippen molar-refractivity contribution in [2.45, 2.75) is 63.4 Å². The van der Waals surface area contributed by atoms with Crippen LogP contribution in [0.2, 0.25) is 19.6 Å². The molecule has 3 rings (SSSR count). The first-order valence-electron chi connectivity index (χ1n) is 11.5. The van der Waals surface area contributed by atoms with Crippen molar-refractivity contribution in [2.75, 3.05) is 18.1 Å². The van der Waals surface area contributed by atoms with Gasteiger partial charge in [0.2, 0.25) is 0 Å². The van der Waals surface area contributed by atoms with Gasteiger partial charge in [0.15, 0.2) is 9.84 Å². The first kappa shape index (κ1) is 27.8. The minimum Gasteiger partial charge on any atom is -0.444 e. The zero-order valence-corrected chi connectivity index (χ0v) is 23.3. The van der Waals surface area contributed by atoms with Crippen LogP contribution in [0.3, 0.4) is 0 Å². The van der Waals surface area contributed by atoms with Gasteiger partial charge in [0.1, 0.15) is 23.3 Å². The third kappa shape index (κ3) is 6.12. The van der Waals surface area contributed by atoms with E-state index in [0.29, 0.717) is 17.5 Å². The summed E-state index contributed by atoms with van der Waals surface area (Å²) in [5.41, 5.74) is 0.0966. The van der Waals surface area contributed by atoms with Crippen LogP contribution < -0.4 is 10.5 Å². The van der Waals surface area contributed by atoms with E-state index < -0.39 is 53.2 Å². The van der Waals surface area contributed by atoms with Gasteiger partial charge in [-0.25, -0.2) is 22.0 Å². The number of nitrogens with one attached hydrogen (secondary N) is 1. The number of carbonyl (C=O) groups is 2. The molecule has 0 aromatic heterocycles. The zero-order valence-electron chi connectivity index (χ0n) is 21.5. The fraction of sp³-hybridized carbons (Fsp3) is 0.440. The molecule has 0 aliphatic carbocycles. The second-order valence-corrected chi connectivity index (χ2v) is 18.0. The maximum atomic E-state index is 14.8. The molecule has 1 heterocycles. The van der Waals surface area contributed by atoms with E-state index in [1.807, 2.05) is 19.6 Å². The molecule has 0 bridgehead atoms. The average molecular weight is 539 g/mol. The number of rotatable bonds is 4. The first-order valence-corrected chi connectivity index (χ1v) is 16.9. The van der Waals surface area contributed by atoms with Crippen LogP contribution in [0.4, 0.5) is 19.3 Å². The van der Waals surface area contributed by atoms with Crippen LogP contribution in [0.1, 0.15) is 37.9 Å². The standard InChI is InChI=1S/C25H32F2N2O5SSi/c1-25(2,3)34-24(31)29-11-10-15-12-17(35(4,32)33)8-9-18(15)21(29)23(30)28-16-13-19(26)22(20(27)14-16)36(5,6)7/h8-9,12-14,21H,10-11H2,1-7H3,(H,28,30). The summed E-state index contributed by atoms with van der Waals surface area (Å²) >= 11 is 0. The Bertz CT molecular complexity index is 1290. The van der Waals surface area contributed by atoms with Crippen molar-refractivity contribution in [1.29, 1.82) is 0 Å². The van der Waals surface area contributed by atoms with Gasteiger partial charge < -0.3 is 10.1 Å². The lowest BCUT2D eigenvalue weighted by molar-refractivity contribution is -0.121. The number of hydrogen-bond donors (Lipinski definition) is 1. The lowest BCUT2D eigenvalue weighted by Crippen LogP contribution is -2.47. The summed E-state index contributed by atoms with van der Waals surface area (Å²) < 4.78 is 59.1. The lowest BCUT2D eigenvalue weighted by Gasteiger charge is -2.37. The lowest BCUT2D eigenvalue weighted by atomic mass is 9.92. The van der Waals surface area contributed by atoms with E-state index in [4.69, 9.17) is 4.74 Å². The SMILES string of the molecule is CC(C)(C)OC(=O)N1CCc2cc(S(C)(=O)=O)ccc2C1C(=O)Nc1cc(F)c([Si](C)(C)C)c(F)c1. The molecule has 0 saturated carbocycles. The average Bonchev–Trinajstić information content (AvgIpc) is 2.68. The summed E-state index contributed by atoms with van der Waals surface area (Å²) in [7, 11) is -5.80. The van der Waals surface area contributed by atoms with Crippen LogP contribution in [0.5, 0.6) is 0 Å². The van der Waals surface area contributed by atoms with Crippen LogP contribution >= 0.6 is 0 Å². The molecule has 7 nitrogen and oxygen atoms in total. The number of halogens is 2. The highest BCUT2D eigenvalue weighted by Crippen LogP contribution is 2.34. The molecular formula is C25H32F2N2O5SSi. The zero-order chi connectivity index (χ0) is 27.2. The van der Waals surface area contributed by atoms with Crippen molar-refractivity contribution < 1.29 is 31.5 Å². The predicted molar refractivity (Wildman–Crippen MR) is 137 cm³/mol. The number of fused-ring (bicyclic) bond motifs is 1. The number of benzene rings is 2. The third-order valence-corrected chi connectivity index (χ3v) is 8.79. The highest BCUT2D eigenvalue weighted by molar-refractivity contribution is 7.90. The summed E-state index contributed by atoms with van der Waals surface area (Å²) in [4.78, 5) is 27.8. The molecule has 2 amide bonds. The number of amides is 2. The van der Waals surface area contributed by atoms with Gasteiger partial charge in [-0.1, -0.05) is 25.7 Å². The van der Waals surface area contributed by atoms with E-state index in [-0.39, 0.29) is 22.3 Å². The molecule has 1 aliphatic heterocycles. The van der Waals surface area contributed by atoms with E-state index in [1.165, 1.54) is 23.1 Å². The van der Waals surface area contributed by atoms with Gasteiger partial charge in [0.05, 0.1) is 13.0 Å². The highest BCUT2D eigenvalue weighted by atomic mass is 32.2. The Kier molecular flexibility index (Phi) is 7.40. The van der Waals surface area contributed by atoms with E-state index in [9.17, 15) is 26.8 Å². The van der Waals surface area contributed by atoms with E-state index >= 15 is 0 Å². The molecule has 36 heavy (non-hydrogen) atoms. The van der Waals surface area contributed by atoms with Crippen molar-refractivity contribution in [2.24, 2.45) is 0 Å². The highest BCUT2D eigenvalue weighted by Gasteiger charge is 2.39. The molecule has 0 fully saturated rings. The fourth-order valence-corrected chi connectivity index (χ4v) is 6.46. The van der Waals surface area contributed by atoms with Crippen molar-refractivity contribution in [3.05, 3.63) is 53.1 Å². The third-order valence-electron chi connectivity index (χ3n) is 5.71. The maximum absolute atomic E-state index is 14.8. The molecule has 0 spiro atoms. The Hall–Kier alpha value is -2.79. The van der Waals surface area contributed by atoms with Gasteiger partial charge >= 0.3 is 6.09 Å². The van der Waals surface area contributed by atoms with E-state index in [2.05, 4.69) is 5.32 Å². The van der Waals surface area contributed by atoms with Crippen LogP contribution in [0, 0.1) is 11.6 Å². The number of carbonyl (C=O) groups excluding carboxylic acids is 2. The van der Waals surface area contributed by atoms with Gasteiger partial charge in [0, 0.05) is 23.7 Å². The topological polar surface area (TPSA) is 92.8 Å². The maximum Gasteiger partial charge on any atom is 0.411 e. The summed E-state index contributed by atoms with van der Waals surface area (Å²) in [5.74, 6) is -2.18. The minimum atomic E-state index is -3.49. The van der Waals surface area contributed by atoms with Crippen molar-refractivity contribution in [3.63, 3.8) is 0 Å². The van der Waals surface area contributed by atoms with Gasteiger partial charge in [-0.3, -0.25) is 9.69 Å². The number of anilines is 1. The smallest absolute Gasteiger partial charge is 0.411 e. The quantitative estimate of drug-likeness (QED) is 0.583. The molecule has 0 saturated heterocycles. The van der Waals surface area contributed by atoms with E-state index in [0.717, 1.165) is 18.4 Å². The van der Waals surface area contributed by atoms with Crippen LogP contribution in [0.15, 0.2) is 35.2 Å². The van der Waals surface area contributed by atoms with Crippen LogP contribution in [-0.4, -0.2) is 51.8 Å². The Morgan fingerprint density at radius 2 is 1.67 bits per heavy atom. The van der Waals surface area contributed by atoms with Gasteiger partial charge in [-0.2, -0.15) is 0 Å². The van der Waals surface area contributed by atoms with Crippen molar-refractivity contribution in [3.8, 4) is 0 Å². The largest absolute Gasteiger partial charge is 0.444 e. The molecular weight excluding hydrogens is 506 g/mol. The van der Waals surface area contributed by atoms with Crippen LogP contribution in [0.25, 0.3) is 0 Å². The molecule has 1 aliphatic rings. The Labute approximate surface area is 211 Å². The molecule has 1 N–H and O–H groups in total. The van der Waals surface area contributed by atoms with Gasteiger partial charge in [-0.15, -0.1) is 0 Å². The Morgan fingerprint density at radius 1 is 1.08 bits per heavy atom. The second kappa shape index (κ2) is 9.58. The summed E-state index contributed by atoms with van der Waals surface area (Å²) in [6, 6.07) is 5.29. The molecule has 2 aromatic carbocycles. The number of ether oxygens (including phenoxy) is 1. The molecule has 196 valence electrons. The van der Waals surface area contributed by atoms with Crippen molar-refractivity contribution >= 4 is 40.8 Å². The Balaban J connectivity index is 2.04. The first-order chi connectivity index (χ1) is 16.4. The molecule has 0 radical (unpaired) electrons. The van der Waals surface area contributed by atoms with Gasteiger partial charge in [0.25, 0.3) is 5.91 Å². The van der Waals surface area contributed by atoms with E-state index in [1.54, 1.807) is 20.8 Å². The molecule has 1 atom stereocenters. The monoisotopic (exact) mass is 538 g/mol. The summed E-state index contributed by atoms with van der Waals surface area (Å²) in [5, 5.41) is 2.57. The molecule has 11 heteroatoms.